The van der Waals surface area contributed by atoms with Crippen LogP contribution in [0.1, 0.15) is 18.4 Å². The van der Waals surface area contributed by atoms with Crippen LogP contribution in [0.2, 0.25) is 0 Å². The lowest BCUT2D eigenvalue weighted by Crippen LogP contribution is -2.35. The molecule has 0 bridgehead atoms. The van der Waals surface area contributed by atoms with E-state index in [1.54, 1.807) is 6.07 Å². The smallest absolute Gasteiger partial charge is 0.332 e. The summed E-state index contributed by atoms with van der Waals surface area (Å²) in [5.74, 6) is -1.84. The van der Waals surface area contributed by atoms with Gasteiger partial charge >= 0.3 is 5.97 Å². The molecule has 20 heavy (non-hydrogen) atoms. The van der Waals surface area contributed by atoms with Gasteiger partial charge in [-0.3, -0.25) is 4.79 Å². The molecule has 1 aromatic carbocycles. The van der Waals surface area contributed by atoms with Gasteiger partial charge < -0.3 is 15.2 Å². The summed E-state index contributed by atoms with van der Waals surface area (Å²) >= 11 is 3.17. The summed E-state index contributed by atoms with van der Waals surface area (Å²) in [6.07, 6.45) is -0.989. The third-order valence-electron chi connectivity index (χ3n) is 2.98. The summed E-state index contributed by atoms with van der Waals surface area (Å²) < 4.78 is 18.9. The van der Waals surface area contributed by atoms with E-state index in [4.69, 9.17) is 9.84 Å². The van der Waals surface area contributed by atoms with Crippen LogP contribution in [0.25, 0.3) is 0 Å². The topological polar surface area (TPSA) is 75.6 Å². The summed E-state index contributed by atoms with van der Waals surface area (Å²) in [6, 6.07) is 4.34. The van der Waals surface area contributed by atoms with Gasteiger partial charge in [-0.25, -0.2) is 9.18 Å². The number of ether oxygens (including phenoxy) is 1. The number of aliphatic carboxylic acids is 1. The molecule has 108 valence electrons. The van der Waals surface area contributed by atoms with E-state index in [9.17, 15) is 14.0 Å². The first-order valence-corrected chi connectivity index (χ1v) is 6.86. The molecule has 1 aliphatic rings. The maximum Gasteiger partial charge on any atom is 0.332 e. The fourth-order valence-electron chi connectivity index (χ4n) is 2.03. The van der Waals surface area contributed by atoms with Crippen LogP contribution in [0.3, 0.4) is 0 Å². The van der Waals surface area contributed by atoms with Gasteiger partial charge in [0.2, 0.25) is 5.91 Å². The minimum atomic E-state index is -1.06. The van der Waals surface area contributed by atoms with Gasteiger partial charge in [-0.05, 0) is 36.6 Å². The first-order chi connectivity index (χ1) is 9.45. The standard InChI is InChI=1S/C13H13BrFNO4/c14-8-3-7(4-9(15)5-8)6-16-12(17)10-1-2-11(20-10)13(18)19/h3-5,10-11H,1-2,6H2,(H,16,17)(H,18,19)/t10-,11+/m0/s1. The average molecular weight is 346 g/mol. The zero-order valence-electron chi connectivity index (χ0n) is 10.4. The third kappa shape index (κ3) is 3.77. The second-order valence-corrected chi connectivity index (χ2v) is 5.44. The first kappa shape index (κ1) is 14.9. The molecule has 5 nitrogen and oxygen atoms in total. The highest BCUT2D eigenvalue weighted by molar-refractivity contribution is 9.10. The molecule has 1 aliphatic heterocycles. The van der Waals surface area contributed by atoms with Crippen LogP contribution >= 0.6 is 15.9 Å². The van der Waals surface area contributed by atoms with Crippen molar-refractivity contribution in [3.8, 4) is 0 Å². The van der Waals surface area contributed by atoms with Gasteiger partial charge in [0.15, 0.2) is 6.10 Å². The highest BCUT2D eigenvalue weighted by Gasteiger charge is 2.34. The van der Waals surface area contributed by atoms with E-state index in [1.807, 2.05) is 0 Å². The van der Waals surface area contributed by atoms with Crippen molar-refractivity contribution >= 4 is 27.8 Å². The highest BCUT2D eigenvalue weighted by atomic mass is 79.9. The predicted octanol–water partition coefficient (Wildman–Crippen LogP) is 1.84. The van der Waals surface area contributed by atoms with E-state index in [0.29, 0.717) is 22.9 Å². The average Bonchev–Trinajstić information content (AvgIpc) is 2.84. The number of rotatable bonds is 4. The molecule has 0 radical (unpaired) electrons. The van der Waals surface area contributed by atoms with E-state index in [0.717, 1.165) is 0 Å². The minimum Gasteiger partial charge on any atom is -0.479 e. The van der Waals surface area contributed by atoms with Crippen LogP contribution in [0.5, 0.6) is 0 Å². The van der Waals surface area contributed by atoms with Gasteiger partial charge in [0.25, 0.3) is 0 Å². The van der Waals surface area contributed by atoms with E-state index < -0.39 is 24.0 Å². The van der Waals surface area contributed by atoms with Crippen molar-refractivity contribution < 1.29 is 23.8 Å². The third-order valence-corrected chi connectivity index (χ3v) is 3.43. The Bertz CT molecular complexity index is 517. The summed E-state index contributed by atoms with van der Waals surface area (Å²) in [5.41, 5.74) is 0.609. The van der Waals surface area contributed by atoms with Crippen LogP contribution in [-0.2, 0) is 20.9 Å². The molecule has 2 N–H and O–H groups in total. The van der Waals surface area contributed by atoms with Gasteiger partial charge in [-0.2, -0.15) is 0 Å². The molecule has 1 aromatic rings. The monoisotopic (exact) mass is 345 g/mol. The number of carboxylic acid groups (broad SMARTS) is 1. The number of carboxylic acids is 1. The second kappa shape index (κ2) is 6.32. The van der Waals surface area contributed by atoms with Crippen molar-refractivity contribution in [3.63, 3.8) is 0 Å². The van der Waals surface area contributed by atoms with E-state index in [-0.39, 0.29) is 12.5 Å². The number of hydrogen-bond donors (Lipinski definition) is 2. The number of amides is 1. The van der Waals surface area contributed by atoms with Crippen LogP contribution < -0.4 is 5.32 Å². The molecule has 0 aliphatic carbocycles. The Morgan fingerprint density at radius 2 is 2.05 bits per heavy atom. The molecule has 0 unspecified atom stereocenters. The van der Waals surface area contributed by atoms with E-state index >= 15 is 0 Å². The Labute approximate surface area is 123 Å². The Morgan fingerprint density at radius 1 is 1.35 bits per heavy atom. The summed E-state index contributed by atoms with van der Waals surface area (Å²) in [4.78, 5) is 22.5. The zero-order chi connectivity index (χ0) is 14.7. The minimum absolute atomic E-state index is 0.160. The van der Waals surface area contributed by atoms with Crippen molar-refractivity contribution in [2.75, 3.05) is 0 Å². The Hall–Kier alpha value is -1.47. The molecular weight excluding hydrogens is 333 g/mol. The number of hydrogen-bond acceptors (Lipinski definition) is 3. The van der Waals surface area contributed by atoms with Crippen LogP contribution in [0.4, 0.5) is 4.39 Å². The number of benzene rings is 1. The molecule has 1 fully saturated rings. The molecular formula is C13H13BrFNO4. The van der Waals surface area contributed by atoms with Crippen LogP contribution in [0, 0.1) is 5.82 Å². The SMILES string of the molecule is O=C(NCc1cc(F)cc(Br)c1)[C@@H]1CC[C@H](C(=O)O)O1. The summed E-state index contributed by atoms with van der Waals surface area (Å²) in [6.45, 7) is 0.160. The van der Waals surface area contributed by atoms with Crippen molar-refractivity contribution in [1.82, 2.24) is 5.32 Å². The molecule has 1 saturated heterocycles. The van der Waals surface area contributed by atoms with Crippen molar-refractivity contribution in [2.24, 2.45) is 0 Å². The Morgan fingerprint density at radius 3 is 2.65 bits per heavy atom. The molecule has 7 heteroatoms. The van der Waals surface area contributed by atoms with Crippen molar-refractivity contribution in [3.05, 3.63) is 34.1 Å². The van der Waals surface area contributed by atoms with E-state index in [2.05, 4.69) is 21.2 Å². The number of nitrogens with one attached hydrogen (secondary N) is 1. The largest absolute Gasteiger partial charge is 0.479 e. The molecule has 1 heterocycles. The lowest BCUT2D eigenvalue weighted by atomic mass is 10.2. The summed E-state index contributed by atoms with van der Waals surface area (Å²) in [5, 5.41) is 11.4. The predicted molar refractivity (Wildman–Crippen MR) is 71.5 cm³/mol. The molecule has 0 saturated carbocycles. The highest BCUT2D eigenvalue weighted by Crippen LogP contribution is 2.20. The van der Waals surface area contributed by atoms with Gasteiger partial charge in [0.05, 0.1) is 0 Å². The molecule has 0 aromatic heterocycles. The van der Waals surface area contributed by atoms with Gasteiger partial charge in [0, 0.05) is 11.0 Å². The molecule has 1 amide bonds. The quantitative estimate of drug-likeness (QED) is 0.872. The first-order valence-electron chi connectivity index (χ1n) is 6.06. The Kier molecular flexibility index (Phi) is 4.72. The van der Waals surface area contributed by atoms with Crippen molar-refractivity contribution in [1.29, 1.82) is 0 Å². The van der Waals surface area contributed by atoms with Gasteiger partial charge in [-0.1, -0.05) is 15.9 Å². The van der Waals surface area contributed by atoms with Crippen molar-refractivity contribution in [2.45, 2.75) is 31.6 Å². The number of halogens is 2. The fourth-order valence-corrected chi connectivity index (χ4v) is 2.54. The lowest BCUT2D eigenvalue weighted by Gasteiger charge is -2.12. The van der Waals surface area contributed by atoms with E-state index in [1.165, 1.54) is 12.1 Å². The number of carbonyl (C=O) groups excluding carboxylic acids is 1. The van der Waals surface area contributed by atoms with Gasteiger partial charge in [-0.15, -0.1) is 0 Å². The Balaban J connectivity index is 1.88. The maximum atomic E-state index is 13.2. The molecule has 0 spiro atoms. The number of carbonyl (C=O) groups is 2. The molecule has 2 atom stereocenters. The maximum absolute atomic E-state index is 13.2. The second-order valence-electron chi connectivity index (χ2n) is 4.52. The molecule has 2 rings (SSSR count). The fraction of sp³-hybridized carbons (Fsp3) is 0.385. The van der Waals surface area contributed by atoms with Crippen LogP contribution in [-0.4, -0.2) is 29.2 Å². The summed E-state index contributed by atoms with van der Waals surface area (Å²) in [7, 11) is 0. The van der Waals surface area contributed by atoms with Gasteiger partial charge in [0.1, 0.15) is 11.9 Å². The normalized spacial score (nSPS) is 21.7. The lowest BCUT2D eigenvalue weighted by molar-refractivity contribution is -0.151. The zero-order valence-corrected chi connectivity index (χ0v) is 12.0. The van der Waals surface area contributed by atoms with Crippen LogP contribution in [0.15, 0.2) is 22.7 Å².